The number of rotatable bonds is 1. The Balaban J connectivity index is 2.81. The maximum atomic E-state index is 10.2. The molecule has 0 aromatic heterocycles. The number of phenolic OH excluding ortho intramolecular Hbond substituents is 1. The summed E-state index contributed by atoms with van der Waals surface area (Å²) >= 11 is 0. The molecule has 1 aromatic carbocycles. The lowest BCUT2D eigenvalue weighted by molar-refractivity contribution is -0.135. The summed E-state index contributed by atoms with van der Waals surface area (Å²) in [4.78, 5) is 10.2. The summed E-state index contributed by atoms with van der Waals surface area (Å²) in [6.07, 6.45) is -0.167. The van der Waals surface area contributed by atoms with Crippen LogP contribution >= 0.6 is 0 Å². The smallest absolute Gasteiger partial charge is 0.315 e. The number of phenols is 1. The molecule has 0 unspecified atom stereocenters. The molecule has 0 aliphatic rings. The van der Waals surface area contributed by atoms with Crippen molar-refractivity contribution in [3.63, 3.8) is 0 Å². The number of carboxylic acid groups (broad SMARTS) is 1. The molecule has 0 bridgehead atoms. The van der Waals surface area contributed by atoms with E-state index in [1.54, 1.807) is 25.1 Å². The molecule has 0 atom stereocenters. The van der Waals surface area contributed by atoms with Crippen LogP contribution < -0.4 is 0 Å². The Bertz CT molecular complexity index is 410. The van der Waals surface area contributed by atoms with Crippen molar-refractivity contribution in [1.82, 2.24) is 0 Å². The third-order valence-corrected chi connectivity index (χ3v) is 1.67. The van der Waals surface area contributed by atoms with Gasteiger partial charge < -0.3 is 10.2 Å². The number of carboxylic acids is 1. The SMILES string of the molecule is Cc1cc(C#CCC(=O)O)ccc1O. The molecule has 1 aromatic rings. The van der Waals surface area contributed by atoms with Crippen molar-refractivity contribution in [1.29, 1.82) is 0 Å². The summed E-state index contributed by atoms with van der Waals surface area (Å²) in [5.41, 5.74) is 1.44. The van der Waals surface area contributed by atoms with Gasteiger partial charge in [-0.15, -0.1) is 0 Å². The number of aliphatic carboxylic acids is 1. The number of hydrogen-bond donors (Lipinski definition) is 2. The summed E-state index contributed by atoms with van der Waals surface area (Å²) in [5.74, 6) is 4.50. The lowest BCUT2D eigenvalue weighted by Crippen LogP contribution is -1.90. The van der Waals surface area contributed by atoms with E-state index < -0.39 is 5.97 Å². The fraction of sp³-hybridized carbons (Fsp3) is 0.182. The zero-order chi connectivity index (χ0) is 10.6. The monoisotopic (exact) mass is 190 g/mol. The van der Waals surface area contributed by atoms with Gasteiger partial charge in [0.1, 0.15) is 12.2 Å². The molecule has 0 amide bonds. The third kappa shape index (κ3) is 2.83. The molecule has 0 heterocycles. The van der Waals surface area contributed by atoms with Crippen LogP contribution in [0.1, 0.15) is 17.5 Å². The molecule has 3 heteroatoms. The average Bonchev–Trinajstić information content (AvgIpc) is 2.10. The van der Waals surface area contributed by atoms with Gasteiger partial charge in [-0.2, -0.15) is 0 Å². The van der Waals surface area contributed by atoms with Crippen LogP contribution in [0.2, 0.25) is 0 Å². The lowest BCUT2D eigenvalue weighted by atomic mass is 10.1. The van der Waals surface area contributed by atoms with Crippen molar-refractivity contribution in [2.75, 3.05) is 0 Å². The van der Waals surface area contributed by atoms with Gasteiger partial charge in [-0.3, -0.25) is 4.79 Å². The van der Waals surface area contributed by atoms with Gasteiger partial charge in [-0.05, 0) is 30.7 Å². The topological polar surface area (TPSA) is 57.5 Å². The highest BCUT2D eigenvalue weighted by atomic mass is 16.4. The van der Waals surface area contributed by atoms with E-state index in [2.05, 4.69) is 11.8 Å². The van der Waals surface area contributed by atoms with Crippen LogP contribution in [0.15, 0.2) is 18.2 Å². The van der Waals surface area contributed by atoms with E-state index in [4.69, 9.17) is 5.11 Å². The van der Waals surface area contributed by atoms with Gasteiger partial charge in [0.15, 0.2) is 0 Å². The van der Waals surface area contributed by atoms with E-state index in [1.165, 1.54) is 0 Å². The van der Waals surface area contributed by atoms with Gasteiger partial charge in [0.25, 0.3) is 0 Å². The molecule has 0 fully saturated rings. The Labute approximate surface area is 82.0 Å². The number of aryl methyl sites for hydroxylation is 1. The van der Waals surface area contributed by atoms with Gasteiger partial charge in [-0.1, -0.05) is 11.8 Å². The number of benzene rings is 1. The van der Waals surface area contributed by atoms with E-state index in [0.717, 1.165) is 5.56 Å². The summed E-state index contributed by atoms with van der Waals surface area (Å²) in [7, 11) is 0. The summed E-state index contributed by atoms with van der Waals surface area (Å²) in [6.45, 7) is 1.76. The first-order chi connectivity index (χ1) is 6.59. The Morgan fingerprint density at radius 1 is 1.50 bits per heavy atom. The number of hydrogen-bond acceptors (Lipinski definition) is 2. The minimum absolute atomic E-state index is 0.167. The van der Waals surface area contributed by atoms with Crippen LogP contribution in [0.3, 0.4) is 0 Å². The average molecular weight is 190 g/mol. The molecule has 0 spiro atoms. The molecule has 1 rings (SSSR count). The van der Waals surface area contributed by atoms with Crippen molar-refractivity contribution in [2.24, 2.45) is 0 Å². The van der Waals surface area contributed by atoms with Gasteiger partial charge in [0.05, 0.1) is 0 Å². The molecule has 2 N–H and O–H groups in total. The fourth-order valence-corrected chi connectivity index (χ4v) is 0.955. The van der Waals surface area contributed by atoms with E-state index in [0.29, 0.717) is 5.56 Å². The zero-order valence-electron chi connectivity index (χ0n) is 7.74. The quantitative estimate of drug-likeness (QED) is 0.660. The second-order valence-electron chi connectivity index (χ2n) is 2.87. The van der Waals surface area contributed by atoms with E-state index in [-0.39, 0.29) is 12.2 Å². The Hall–Kier alpha value is -1.95. The van der Waals surface area contributed by atoms with Crippen LogP contribution in [0.5, 0.6) is 5.75 Å². The van der Waals surface area contributed by atoms with E-state index in [1.807, 2.05) is 0 Å². The van der Waals surface area contributed by atoms with E-state index in [9.17, 15) is 9.90 Å². The molecule has 0 radical (unpaired) electrons. The van der Waals surface area contributed by atoms with Crippen molar-refractivity contribution in [3.8, 4) is 17.6 Å². The highest BCUT2D eigenvalue weighted by Crippen LogP contribution is 2.15. The Morgan fingerprint density at radius 3 is 2.79 bits per heavy atom. The minimum Gasteiger partial charge on any atom is -0.508 e. The molecule has 72 valence electrons. The zero-order valence-corrected chi connectivity index (χ0v) is 7.74. The Morgan fingerprint density at radius 2 is 2.21 bits per heavy atom. The lowest BCUT2D eigenvalue weighted by Gasteiger charge is -1.97. The molecule has 0 saturated heterocycles. The minimum atomic E-state index is -0.937. The predicted molar refractivity (Wildman–Crippen MR) is 52.0 cm³/mol. The second-order valence-corrected chi connectivity index (χ2v) is 2.87. The van der Waals surface area contributed by atoms with Crippen LogP contribution in [-0.4, -0.2) is 16.2 Å². The molecular formula is C11H10O3. The van der Waals surface area contributed by atoms with Crippen LogP contribution in [0.25, 0.3) is 0 Å². The molecule has 14 heavy (non-hydrogen) atoms. The van der Waals surface area contributed by atoms with Gasteiger partial charge >= 0.3 is 5.97 Å². The highest BCUT2D eigenvalue weighted by molar-refractivity contribution is 5.70. The van der Waals surface area contributed by atoms with Crippen LogP contribution in [0, 0.1) is 18.8 Å². The molecule has 0 aliphatic heterocycles. The first-order valence-corrected chi connectivity index (χ1v) is 4.10. The maximum Gasteiger partial charge on any atom is 0.315 e. The first-order valence-electron chi connectivity index (χ1n) is 4.10. The van der Waals surface area contributed by atoms with Gasteiger partial charge in [-0.25, -0.2) is 0 Å². The number of aromatic hydroxyl groups is 1. The standard InChI is InChI=1S/C11H10O3/c1-8-7-9(5-6-10(8)12)3-2-4-11(13)14/h5-7,12H,4H2,1H3,(H,13,14). The molecule has 0 aliphatic carbocycles. The largest absolute Gasteiger partial charge is 0.508 e. The van der Waals surface area contributed by atoms with Crippen molar-refractivity contribution >= 4 is 5.97 Å². The summed E-state index contributed by atoms with van der Waals surface area (Å²) < 4.78 is 0. The maximum absolute atomic E-state index is 10.2. The molecular weight excluding hydrogens is 180 g/mol. The van der Waals surface area contributed by atoms with Crippen molar-refractivity contribution in [3.05, 3.63) is 29.3 Å². The Kier molecular flexibility index (Phi) is 3.14. The molecule has 3 nitrogen and oxygen atoms in total. The second kappa shape index (κ2) is 4.33. The summed E-state index contributed by atoms with van der Waals surface area (Å²) in [5, 5.41) is 17.6. The fourth-order valence-electron chi connectivity index (χ4n) is 0.955. The molecule has 0 saturated carbocycles. The van der Waals surface area contributed by atoms with Crippen LogP contribution in [-0.2, 0) is 4.79 Å². The number of carbonyl (C=O) groups is 1. The van der Waals surface area contributed by atoms with Crippen LogP contribution in [0.4, 0.5) is 0 Å². The van der Waals surface area contributed by atoms with Gasteiger partial charge in [0, 0.05) is 5.56 Å². The van der Waals surface area contributed by atoms with Crippen molar-refractivity contribution < 1.29 is 15.0 Å². The van der Waals surface area contributed by atoms with Gasteiger partial charge in [0.2, 0.25) is 0 Å². The normalized spacial score (nSPS) is 8.93. The predicted octanol–water partition coefficient (Wildman–Crippen LogP) is 1.53. The van der Waals surface area contributed by atoms with Crippen molar-refractivity contribution in [2.45, 2.75) is 13.3 Å². The first kappa shape index (κ1) is 10.1. The highest BCUT2D eigenvalue weighted by Gasteiger charge is 1.95. The summed E-state index contributed by atoms with van der Waals surface area (Å²) in [6, 6.07) is 4.90. The van der Waals surface area contributed by atoms with E-state index >= 15 is 0 Å². The third-order valence-electron chi connectivity index (χ3n) is 1.67.